The van der Waals surface area contributed by atoms with E-state index in [0.29, 0.717) is 0 Å². The van der Waals surface area contributed by atoms with Crippen LogP contribution in [-0.2, 0) is 14.7 Å². The maximum atomic E-state index is 6.72. The fourth-order valence-corrected chi connectivity index (χ4v) is 8.24. The van der Waals surface area contributed by atoms with Crippen molar-refractivity contribution in [3.8, 4) is 27.9 Å². The zero-order valence-electron chi connectivity index (χ0n) is 23.1. The molecule has 0 N–H and O–H groups in total. The first-order valence-corrected chi connectivity index (χ1v) is 14.5. The van der Waals surface area contributed by atoms with Crippen molar-refractivity contribution in [2.45, 2.75) is 70.0 Å². The molecule has 0 unspecified atom stereocenters. The molecule has 2 aliphatic heterocycles. The fraction of sp³-hybridized carbons (Fsp3) is 0.314. The predicted molar refractivity (Wildman–Crippen MR) is 160 cm³/mol. The standard InChI is InChI=1S/C35H32BNO2/c1-33(2)34(3,4)39-36(38-33)26-18-17-24-30-29(26)23-12-6-8-14-28(23)37-27-13-7-5-11-21(27)22-15-16-25(31(30)32(22)37)35(24)19-9-10-20-35/h5-8,11-18H,9-10,19-20H2,1-4H3. The van der Waals surface area contributed by atoms with Crippen LogP contribution in [0.5, 0.6) is 0 Å². The van der Waals surface area contributed by atoms with E-state index >= 15 is 0 Å². The van der Waals surface area contributed by atoms with Gasteiger partial charge in [0.2, 0.25) is 0 Å². The molecule has 1 saturated carbocycles. The Morgan fingerprint density at radius 2 is 1.33 bits per heavy atom. The minimum Gasteiger partial charge on any atom is -0.399 e. The molecule has 1 spiro atoms. The summed E-state index contributed by atoms with van der Waals surface area (Å²) in [4.78, 5) is 0. The quantitative estimate of drug-likeness (QED) is 0.210. The number of hydrogen-bond acceptors (Lipinski definition) is 2. The highest BCUT2D eigenvalue weighted by molar-refractivity contribution is 6.64. The summed E-state index contributed by atoms with van der Waals surface area (Å²) in [7, 11) is -0.416. The number of aromatic nitrogens is 1. The van der Waals surface area contributed by atoms with Crippen LogP contribution in [-0.4, -0.2) is 22.9 Å². The molecule has 4 heteroatoms. The van der Waals surface area contributed by atoms with E-state index in [2.05, 4.69) is 105 Å². The Morgan fingerprint density at radius 1 is 0.667 bits per heavy atom. The molecule has 3 heterocycles. The molecule has 1 aromatic heterocycles. The number of fused-ring (bicyclic) bond motifs is 8. The Kier molecular flexibility index (Phi) is 4.06. The van der Waals surface area contributed by atoms with Gasteiger partial charge in [0, 0.05) is 27.3 Å². The van der Waals surface area contributed by atoms with Crippen molar-refractivity contribution < 1.29 is 9.31 Å². The van der Waals surface area contributed by atoms with E-state index in [-0.39, 0.29) is 5.41 Å². The monoisotopic (exact) mass is 509 g/mol. The van der Waals surface area contributed by atoms with Gasteiger partial charge >= 0.3 is 7.12 Å². The smallest absolute Gasteiger partial charge is 0.399 e. The van der Waals surface area contributed by atoms with Gasteiger partial charge in [-0.1, -0.05) is 73.5 Å². The lowest BCUT2D eigenvalue weighted by Gasteiger charge is -2.32. The van der Waals surface area contributed by atoms with Gasteiger partial charge in [-0.2, -0.15) is 0 Å². The van der Waals surface area contributed by atoms with Crippen molar-refractivity contribution in [3.63, 3.8) is 0 Å². The van der Waals surface area contributed by atoms with Gasteiger partial charge in [0.15, 0.2) is 0 Å². The highest BCUT2D eigenvalue weighted by Crippen LogP contribution is 2.62. The van der Waals surface area contributed by atoms with Gasteiger partial charge in [0.25, 0.3) is 0 Å². The van der Waals surface area contributed by atoms with E-state index < -0.39 is 18.3 Å². The summed E-state index contributed by atoms with van der Waals surface area (Å²) in [6.45, 7) is 8.60. The largest absolute Gasteiger partial charge is 0.495 e. The summed E-state index contributed by atoms with van der Waals surface area (Å²) in [5.74, 6) is 0. The van der Waals surface area contributed by atoms with Crippen LogP contribution in [0.3, 0.4) is 0 Å². The number of benzene rings is 4. The second-order valence-electron chi connectivity index (χ2n) is 13.1. The van der Waals surface area contributed by atoms with E-state index in [1.807, 2.05) is 0 Å². The lowest BCUT2D eigenvalue weighted by Crippen LogP contribution is -2.41. The molecule has 0 bridgehead atoms. The average molecular weight is 509 g/mol. The second kappa shape index (κ2) is 7.05. The van der Waals surface area contributed by atoms with Crippen LogP contribution in [0.1, 0.15) is 64.5 Å². The van der Waals surface area contributed by atoms with E-state index in [1.54, 1.807) is 0 Å². The number of nitrogens with zero attached hydrogens (tertiary/aromatic N) is 1. The Balaban J connectivity index is 1.48. The van der Waals surface area contributed by atoms with Crippen molar-refractivity contribution >= 4 is 34.4 Å². The Bertz CT molecular complexity index is 1870. The number of para-hydroxylation sites is 2. The summed E-state index contributed by atoms with van der Waals surface area (Å²) in [5.41, 5.74) is 12.7. The third kappa shape index (κ3) is 2.54. The zero-order chi connectivity index (χ0) is 26.3. The van der Waals surface area contributed by atoms with Crippen molar-refractivity contribution in [2.24, 2.45) is 0 Å². The van der Waals surface area contributed by atoms with Crippen LogP contribution in [0.25, 0.3) is 49.7 Å². The molecule has 2 aliphatic carbocycles. The third-order valence-electron chi connectivity index (χ3n) is 10.7. The third-order valence-corrected chi connectivity index (χ3v) is 10.7. The molecule has 2 fully saturated rings. The Labute approximate surface area is 229 Å². The van der Waals surface area contributed by atoms with Crippen molar-refractivity contribution in [1.82, 2.24) is 4.57 Å². The number of rotatable bonds is 1. The van der Waals surface area contributed by atoms with Crippen LogP contribution in [0, 0.1) is 0 Å². The van der Waals surface area contributed by atoms with Gasteiger partial charge < -0.3 is 13.9 Å². The van der Waals surface area contributed by atoms with Crippen LogP contribution < -0.4 is 5.46 Å². The highest BCUT2D eigenvalue weighted by Gasteiger charge is 2.54. The molecule has 0 radical (unpaired) electrons. The summed E-state index contributed by atoms with van der Waals surface area (Å²) < 4.78 is 16.0. The zero-order valence-corrected chi connectivity index (χ0v) is 23.1. The first-order valence-electron chi connectivity index (χ1n) is 14.5. The lowest BCUT2D eigenvalue weighted by atomic mass is 9.70. The minimum atomic E-state index is -0.416. The predicted octanol–water partition coefficient (Wildman–Crippen LogP) is 7.90. The van der Waals surface area contributed by atoms with Crippen LogP contribution in [0.15, 0.2) is 72.8 Å². The Hall–Kier alpha value is -3.34. The molecule has 1 saturated heterocycles. The molecule has 192 valence electrons. The molecule has 3 nitrogen and oxygen atoms in total. The average Bonchev–Trinajstić information content (AvgIpc) is 3.64. The van der Waals surface area contributed by atoms with E-state index in [4.69, 9.17) is 9.31 Å². The van der Waals surface area contributed by atoms with Crippen LogP contribution >= 0.6 is 0 Å². The van der Waals surface area contributed by atoms with Crippen molar-refractivity contribution in [2.75, 3.05) is 0 Å². The maximum Gasteiger partial charge on any atom is 0.495 e. The van der Waals surface area contributed by atoms with Gasteiger partial charge in [-0.25, -0.2) is 0 Å². The lowest BCUT2D eigenvalue weighted by molar-refractivity contribution is 0.00578. The molecular formula is C35H32BNO2. The molecule has 0 atom stereocenters. The Morgan fingerprint density at radius 3 is 2.13 bits per heavy atom. The summed E-state index contributed by atoms with van der Waals surface area (Å²) in [5, 5.41) is 2.67. The molecular weight excluding hydrogens is 477 g/mol. The second-order valence-corrected chi connectivity index (χ2v) is 13.1. The fourth-order valence-electron chi connectivity index (χ4n) is 8.24. The molecule has 4 aromatic carbocycles. The molecule has 0 amide bonds. The first-order chi connectivity index (χ1) is 18.8. The topological polar surface area (TPSA) is 23.4 Å². The van der Waals surface area contributed by atoms with Gasteiger partial charge in [0.1, 0.15) is 0 Å². The molecule has 5 aromatic rings. The van der Waals surface area contributed by atoms with E-state index in [0.717, 1.165) is 5.46 Å². The van der Waals surface area contributed by atoms with Crippen molar-refractivity contribution in [1.29, 1.82) is 0 Å². The molecule has 39 heavy (non-hydrogen) atoms. The maximum absolute atomic E-state index is 6.72. The van der Waals surface area contributed by atoms with Crippen molar-refractivity contribution in [3.05, 3.63) is 83.9 Å². The van der Waals surface area contributed by atoms with Crippen LogP contribution in [0.2, 0.25) is 0 Å². The van der Waals surface area contributed by atoms with Gasteiger partial charge in [-0.15, -0.1) is 0 Å². The molecule has 4 aliphatic rings. The van der Waals surface area contributed by atoms with Gasteiger partial charge in [-0.05, 0) is 80.4 Å². The van der Waals surface area contributed by atoms with E-state index in [1.165, 1.54) is 86.6 Å². The van der Waals surface area contributed by atoms with Crippen LogP contribution in [0.4, 0.5) is 0 Å². The summed E-state index contributed by atoms with van der Waals surface area (Å²) in [6.07, 6.45) is 5.00. The number of hydrogen-bond donors (Lipinski definition) is 0. The highest BCUT2D eigenvalue weighted by atomic mass is 16.7. The normalized spacial score (nSPS) is 20.8. The SMILES string of the molecule is CC1(C)OB(c2ccc3c4c2-c2ccccc2-n2c5ccccc5c5ccc(c-4c52)C32CCCC2)OC1(C)C. The summed E-state index contributed by atoms with van der Waals surface area (Å²) in [6, 6.07) is 27.5. The summed E-state index contributed by atoms with van der Waals surface area (Å²) >= 11 is 0. The van der Waals surface area contributed by atoms with Gasteiger partial charge in [-0.3, -0.25) is 0 Å². The minimum absolute atomic E-state index is 0.0929. The van der Waals surface area contributed by atoms with E-state index in [9.17, 15) is 0 Å². The first kappa shape index (κ1) is 22.5. The molecule has 9 rings (SSSR count). The van der Waals surface area contributed by atoms with Gasteiger partial charge in [0.05, 0.1) is 27.9 Å².